The molecular formula is C12H15BrN4O. The third kappa shape index (κ3) is 4.77. The van der Waals surface area contributed by atoms with E-state index in [1.807, 2.05) is 19.1 Å². The Hall–Kier alpha value is -1.52. The monoisotopic (exact) mass is 310 g/mol. The van der Waals surface area contributed by atoms with Gasteiger partial charge in [0.1, 0.15) is 0 Å². The number of hydrogen-bond acceptors (Lipinski definition) is 2. The van der Waals surface area contributed by atoms with Crippen LogP contribution in [0.2, 0.25) is 0 Å². The van der Waals surface area contributed by atoms with Crippen molar-refractivity contribution in [3.63, 3.8) is 0 Å². The maximum atomic E-state index is 11.8. The molecule has 18 heavy (non-hydrogen) atoms. The number of carbonyl (C=O) groups excluding carboxylic acids is 1. The van der Waals surface area contributed by atoms with Crippen molar-refractivity contribution in [2.24, 2.45) is 5.11 Å². The number of carbonyl (C=O) groups is 1. The Labute approximate surface area is 114 Å². The lowest BCUT2D eigenvalue weighted by Gasteiger charge is -2.06. The maximum absolute atomic E-state index is 11.8. The van der Waals surface area contributed by atoms with E-state index in [1.54, 1.807) is 6.07 Å². The average molecular weight is 311 g/mol. The van der Waals surface area contributed by atoms with Gasteiger partial charge in [-0.1, -0.05) is 21.0 Å². The molecule has 0 aliphatic heterocycles. The van der Waals surface area contributed by atoms with Crippen molar-refractivity contribution >= 4 is 21.8 Å². The molecule has 0 saturated heterocycles. The predicted octanol–water partition coefficient (Wildman–Crippen LogP) is 3.58. The van der Waals surface area contributed by atoms with Gasteiger partial charge in [0.25, 0.3) is 5.91 Å². The highest BCUT2D eigenvalue weighted by Crippen LogP contribution is 2.16. The zero-order chi connectivity index (χ0) is 13.4. The van der Waals surface area contributed by atoms with Gasteiger partial charge in [0.2, 0.25) is 0 Å². The second-order valence-electron chi connectivity index (χ2n) is 3.88. The lowest BCUT2D eigenvalue weighted by atomic mass is 10.1. The highest BCUT2D eigenvalue weighted by Gasteiger charge is 2.05. The molecule has 0 saturated carbocycles. The first-order chi connectivity index (χ1) is 8.65. The summed E-state index contributed by atoms with van der Waals surface area (Å²) in [4.78, 5) is 14.5. The molecule has 0 aliphatic carbocycles. The maximum Gasteiger partial charge on any atom is 0.251 e. The van der Waals surface area contributed by atoms with Gasteiger partial charge < -0.3 is 5.32 Å². The summed E-state index contributed by atoms with van der Waals surface area (Å²) in [5.74, 6) is -0.0746. The quantitative estimate of drug-likeness (QED) is 0.370. The number of nitrogens with zero attached hydrogens (tertiary/aromatic N) is 3. The summed E-state index contributed by atoms with van der Waals surface area (Å²) >= 11 is 3.39. The van der Waals surface area contributed by atoms with Gasteiger partial charge in [-0.2, -0.15) is 0 Å². The van der Waals surface area contributed by atoms with Crippen molar-refractivity contribution in [2.75, 3.05) is 13.1 Å². The van der Waals surface area contributed by atoms with Crippen LogP contribution in [0.5, 0.6) is 0 Å². The summed E-state index contributed by atoms with van der Waals surface area (Å²) in [7, 11) is 0. The molecule has 0 radical (unpaired) electrons. The van der Waals surface area contributed by atoms with Crippen molar-refractivity contribution in [1.29, 1.82) is 0 Å². The van der Waals surface area contributed by atoms with Crippen LogP contribution < -0.4 is 5.32 Å². The Morgan fingerprint density at radius 2 is 2.28 bits per heavy atom. The Balaban J connectivity index is 2.36. The number of unbranched alkanes of at least 4 members (excludes halogenated alkanes) is 1. The molecule has 96 valence electrons. The molecule has 0 aliphatic rings. The first-order valence-corrected chi connectivity index (χ1v) is 6.49. The normalized spacial score (nSPS) is 9.67. The van der Waals surface area contributed by atoms with Crippen LogP contribution in [-0.4, -0.2) is 19.0 Å². The van der Waals surface area contributed by atoms with E-state index in [0.717, 1.165) is 22.9 Å². The number of benzene rings is 1. The van der Waals surface area contributed by atoms with Crippen molar-refractivity contribution < 1.29 is 4.79 Å². The van der Waals surface area contributed by atoms with Crippen LogP contribution in [0.25, 0.3) is 10.4 Å². The largest absolute Gasteiger partial charge is 0.352 e. The Morgan fingerprint density at radius 1 is 1.50 bits per heavy atom. The van der Waals surface area contributed by atoms with Crippen LogP contribution in [0.15, 0.2) is 27.8 Å². The van der Waals surface area contributed by atoms with Crippen molar-refractivity contribution in [1.82, 2.24) is 5.32 Å². The molecule has 0 aromatic heterocycles. The molecule has 6 heteroatoms. The molecule has 0 unspecified atom stereocenters. The highest BCUT2D eigenvalue weighted by molar-refractivity contribution is 9.10. The van der Waals surface area contributed by atoms with Gasteiger partial charge in [-0.15, -0.1) is 0 Å². The predicted molar refractivity (Wildman–Crippen MR) is 74.5 cm³/mol. The summed E-state index contributed by atoms with van der Waals surface area (Å²) in [6.07, 6.45) is 1.59. The molecule has 0 atom stereocenters. The SMILES string of the molecule is Cc1cc(C(=O)NCCCCN=[N+]=[N-])ccc1Br. The van der Waals surface area contributed by atoms with E-state index in [1.165, 1.54) is 0 Å². The van der Waals surface area contributed by atoms with E-state index in [4.69, 9.17) is 5.53 Å². The highest BCUT2D eigenvalue weighted by atomic mass is 79.9. The van der Waals surface area contributed by atoms with E-state index >= 15 is 0 Å². The second-order valence-corrected chi connectivity index (χ2v) is 4.74. The van der Waals surface area contributed by atoms with Crippen LogP contribution >= 0.6 is 15.9 Å². The summed E-state index contributed by atoms with van der Waals surface area (Å²) in [5, 5.41) is 6.26. The molecule has 0 spiro atoms. The van der Waals surface area contributed by atoms with E-state index in [9.17, 15) is 4.79 Å². The van der Waals surface area contributed by atoms with Gasteiger partial charge in [0.15, 0.2) is 0 Å². The van der Waals surface area contributed by atoms with Gasteiger partial charge in [0.05, 0.1) is 0 Å². The van der Waals surface area contributed by atoms with Crippen LogP contribution in [0.4, 0.5) is 0 Å². The van der Waals surface area contributed by atoms with Gasteiger partial charge in [-0.3, -0.25) is 4.79 Å². The van der Waals surface area contributed by atoms with E-state index in [2.05, 4.69) is 31.3 Å². The molecule has 5 nitrogen and oxygen atoms in total. The van der Waals surface area contributed by atoms with Gasteiger partial charge in [-0.05, 0) is 49.1 Å². The molecule has 1 amide bonds. The fourth-order valence-electron chi connectivity index (χ4n) is 1.44. The van der Waals surface area contributed by atoms with E-state index in [-0.39, 0.29) is 5.91 Å². The molecule has 1 aromatic rings. The lowest BCUT2D eigenvalue weighted by molar-refractivity contribution is 0.0953. The number of halogens is 1. The number of rotatable bonds is 6. The van der Waals surface area contributed by atoms with Gasteiger partial charge >= 0.3 is 0 Å². The van der Waals surface area contributed by atoms with Crippen molar-refractivity contribution in [3.8, 4) is 0 Å². The Kier molecular flexibility index (Phi) is 6.25. The van der Waals surface area contributed by atoms with Gasteiger partial charge in [-0.25, -0.2) is 0 Å². The molecule has 1 aromatic carbocycles. The fourth-order valence-corrected chi connectivity index (χ4v) is 1.69. The summed E-state index contributed by atoms with van der Waals surface area (Å²) in [6.45, 7) is 3.01. The minimum atomic E-state index is -0.0746. The van der Waals surface area contributed by atoms with Gasteiger partial charge in [0, 0.05) is 28.0 Å². The van der Waals surface area contributed by atoms with Crippen LogP contribution in [0.3, 0.4) is 0 Å². The first-order valence-electron chi connectivity index (χ1n) is 5.70. The standard InChI is InChI=1S/C12H15BrN4O/c1-9-8-10(4-5-11(9)13)12(18)15-6-2-3-7-16-17-14/h4-5,8H,2-3,6-7H2,1H3,(H,15,18). The molecule has 0 heterocycles. The Bertz CT molecular complexity index is 469. The molecule has 1 rings (SSSR count). The molecule has 0 bridgehead atoms. The summed E-state index contributed by atoms with van der Waals surface area (Å²) in [5.41, 5.74) is 9.78. The minimum absolute atomic E-state index is 0.0746. The third-order valence-corrected chi connectivity index (χ3v) is 3.34. The van der Waals surface area contributed by atoms with Crippen molar-refractivity contribution in [3.05, 3.63) is 44.2 Å². The zero-order valence-electron chi connectivity index (χ0n) is 10.2. The summed E-state index contributed by atoms with van der Waals surface area (Å²) in [6, 6.07) is 5.50. The van der Waals surface area contributed by atoms with Crippen molar-refractivity contribution in [2.45, 2.75) is 19.8 Å². The van der Waals surface area contributed by atoms with Crippen LogP contribution in [0.1, 0.15) is 28.8 Å². The Morgan fingerprint density at radius 3 is 2.94 bits per heavy atom. The number of hydrogen-bond donors (Lipinski definition) is 1. The zero-order valence-corrected chi connectivity index (χ0v) is 11.8. The molecule has 1 N–H and O–H groups in total. The van der Waals surface area contributed by atoms with E-state index in [0.29, 0.717) is 18.7 Å². The number of amides is 1. The average Bonchev–Trinajstić information content (AvgIpc) is 2.36. The third-order valence-electron chi connectivity index (χ3n) is 2.45. The first kappa shape index (κ1) is 14.5. The summed E-state index contributed by atoms with van der Waals surface area (Å²) < 4.78 is 0.994. The topological polar surface area (TPSA) is 77.9 Å². The number of aryl methyl sites for hydroxylation is 1. The second kappa shape index (κ2) is 7.74. The van der Waals surface area contributed by atoms with E-state index < -0.39 is 0 Å². The smallest absolute Gasteiger partial charge is 0.251 e. The van der Waals surface area contributed by atoms with Crippen LogP contribution in [-0.2, 0) is 0 Å². The lowest BCUT2D eigenvalue weighted by Crippen LogP contribution is -2.24. The molecular weight excluding hydrogens is 296 g/mol. The fraction of sp³-hybridized carbons (Fsp3) is 0.417. The molecule has 0 fully saturated rings. The number of nitrogens with one attached hydrogen (secondary N) is 1. The number of azide groups is 1. The minimum Gasteiger partial charge on any atom is -0.352 e. The van der Waals surface area contributed by atoms with Crippen LogP contribution in [0, 0.1) is 6.92 Å².